The third kappa shape index (κ3) is 4.53. The van der Waals surface area contributed by atoms with E-state index in [1.807, 2.05) is 13.8 Å². The average Bonchev–Trinajstić information content (AvgIpc) is 2.96. The molecule has 1 atom stereocenters. The molecule has 0 saturated carbocycles. The predicted octanol–water partition coefficient (Wildman–Crippen LogP) is 1.95. The molecular formula is C17H28ClN3O3S. The van der Waals surface area contributed by atoms with Crippen molar-refractivity contribution in [2.45, 2.75) is 38.1 Å². The summed E-state index contributed by atoms with van der Waals surface area (Å²) in [6.45, 7) is 7.47. The monoisotopic (exact) mass is 389 g/mol. The quantitative estimate of drug-likeness (QED) is 0.834. The van der Waals surface area contributed by atoms with Gasteiger partial charge in [-0.3, -0.25) is 4.79 Å². The molecule has 1 heterocycles. The average molecular weight is 390 g/mol. The summed E-state index contributed by atoms with van der Waals surface area (Å²) in [6.07, 6.45) is 0.864. The summed E-state index contributed by atoms with van der Waals surface area (Å²) in [5, 5.41) is 0. The molecule has 1 amide bonds. The second kappa shape index (κ2) is 8.03. The maximum atomic E-state index is 12.7. The van der Waals surface area contributed by atoms with Crippen molar-refractivity contribution in [2.24, 2.45) is 11.1 Å². The van der Waals surface area contributed by atoms with Crippen molar-refractivity contribution in [3.8, 4) is 0 Å². The Morgan fingerprint density at radius 3 is 2.56 bits per heavy atom. The zero-order valence-corrected chi connectivity index (χ0v) is 16.9. The van der Waals surface area contributed by atoms with Crippen molar-refractivity contribution in [3.05, 3.63) is 29.8 Å². The summed E-state index contributed by atoms with van der Waals surface area (Å²) >= 11 is 0. The molecule has 0 aromatic heterocycles. The van der Waals surface area contributed by atoms with E-state index in [4.69, 9.17) is 5.73 Å². The van der Waals surface area contributed by atoms with Crippen LogP contribution < -0.4 is 5.73 Å². The topological polar surface area (TPSA) is 83.7 Å². The minimum absolute atomic E-state index is 0. The van der Waals surface area contributed by atoms with Crippen molar-refractivity contribution >= 4 is 28.3 Å². The van der Waals surface area contributed by atoms with E-state index >= 15 is 0 Å². The molecule has 1 aliphatic heterocycles. The molecule has 25 heavy (non-hydrogen) atoms. The molecule has 1 aromatic rings. The Balaban J connectivity index is 0.00000312. The van der Waals surface area contributed by atoms with Gasteiger partial charge in [-0.15, -0.1) is 12.4 Å². The van der Waals surface area contributed by atoms with Crippen LogP contribution in [0.15, 0.2) is 29.2 Å². The number of amides is 1. The van der Waals surface area contributed by atoms with E-state index in [0.29, 0.717) is 25.2 Å². The fourth-order valence-corrected chi connectivity index (χ4v) is 4.19. The first-order chi connectivity index (χ1) is 11.1. The highest BCUT2D eigenvalue weighted by Crippen LogP contribution is 2.30. The van der Waals surface area contributed by atoms with Gasteiger partial charge in [-0.25, -0.2) is 8.42 Å². The summed E-state index contributed by atoms with van der Waals surface area (Å²) in [6, 6.07) is 6.12. The number of nitrogens with two attached hydrogens (primary N) is 1. The van der Waals surface area contributed by atoms with Gasteiger partial charge in [0.1, 0.15) is 0 Å². The smallest absolute Gasteiger partial charge is 0.253 e. The third-order valence-corrected chi connectivity index (χ3v) is 6.85. The van der Waals surface area contributed by atoms with Crippen molar-refractivity contribution < 1.29 is 13.2 Å². The summed E-state index contributed by atoms with van der Waals surface area (Å²) in [5.74, 6) is -0.142. The van der Waals surface area contributed by atoms with E-state index in [9.17, 15) is 13.2 Å². The van der Waals surface area contributed by atoms with Crippen molar-refractivity contribution in [3.63, 3.8) is 0 Å². The van der Waals surface area contributed by atoms with E-state index in [-0.39, 0.29) is 34.7 Å². The molecule has 1 aliphatic rings. The van der Waals surface area contributed by atoms with E-state index in [2.05, 4.69) is 6.92 Å². The Hall–Kier alpha value is -1.15. The van der Waals surface area contributed by atoms with Crippen LogP contribution in [0.25, 0.3) is 0 Å². The lowest BCUT2D eigenvalue weighted by molar-refractivity contribution is 0.0776. The number of halogens is 1. The van der Waals surface area contributed by atoms with Crippen LogP contribution in [0, 0.1) is 5.41 Å². The maximum absolute atomic E-state index is 12.7. The zero-order chi connectivity index (χ0) is 18.1. The van der Waals surface area contributed by atoms with Gasteiger partial charge in [0.2, 0.25) is 10.0 Å². The minimum atomic E-state index is -3.60. The number of hydrogen-bond acceptors (Lipinski definition) is 4. The first kappa shape index (κ1) is 21.9. The van der Waals surface area contributed by atoms with Crippen molar-refractivity contribution in [1.82, 2.24) is 9.21 Å². The molecule has 1 fully saturated rings. The second-order valence-corrected chi connectivity index (χ2v) is 9.13. The Bertz CT molecular complexity index is 724. The molecule has 8 heteroatoms. The second-order valence-electron chi connectivity index (χ2n) is 7.13. The standard InChI is InChI=1S/C17H27N3O3S.ClH/c1-13(2)19(4)24(22,23)15-7-5-6-14(10-15)16(21)20-9-8-17(3,11-18)12-20;/h5-7,10,13H,8-9,11-12,18H2,1-4H3;1H. The Kier molecular flexibility index (Phi) is 7.03. The Labute approximate surface area is 156 Å². The molecule has 0 radical (unpaired) electrons. The fraction of sp³-hybridized carbons (Fsp3) is 0.588. The van der Waals surface area contributed by atoms with Crippen molar-refractivity contribution in [1.29, 1.82) is 0 Å². The molecule has 2 rings (SSSR count). The van der Waals surface area contributed by atoms with Crippen LogP contribution >= 0.6 is 12.4 Å². The number of sulfonamides is 1. The first-order valence-electron chi connectivity index (χ1n) is 8.18. The van der Waals surface area contributed by atoms with Crippen LogP contribution in [0.1, 0.15) is 37.6 Å². The molecule has 0 aliphatic carbocycles. The van der Waals surface area contributed by atoms with Gasteiger partial charge in [0.25, 0.3) is 5.91 Å². The van der Waals surface area contributed by atoms with Gasteiger partial charge in [0, 0.05) is 31.7 Å². The maximum Gasteiger partial charge on any atom is 0.253 e. The van der Waals surface area contributed by atoms with Crippen LogP contribution in [-0.2, 0) is 10.0 Å². The van der Waals surface area contributed by atoms with Crippen LogP contribution in [0.4, 0.5) is 0 Å². The molecule has 1 aromatic carbocycles. The van der Waals surface area contributed by atoms with Gasteiger partial charge < -0.3 is 10.6 Å². The lowest BCUT2D eigenvalue weighted by atomic mass is 9.90. The van der Waals surface area contributed by atoms with E-state index in [0.717, 1.165) is 6.42 Å². The Morgan fingerprint density at radius 2 is 2.04 bits per heavy atom. The number of nitrogens with zero attached hydrogens (tertiary/aromatic N) is 2. The van der Waals surface area contributed by atoms with Gasteiger partial charge in [-0.1, -0.05) is 13.0 Å². The number of likely N-dealkylation sites (tertiary alicyclic amines) is 1. The van der Waals surface area contributed by atoms with Gasteiger partial charge in [-0.05, 0) is 50.4 Å². The van der Waals surface area contributed by atoms with Gasteiger partial charge in [0.15, 0.2) is 0 Å². The molecular weight excluding hydrogens is 362 g/mol. The van der Waals surface area contributed by atoms with E-state index in [1.165, 1.54) is 16.4 Å². The highest BCUT2D eigenvalue weighted by molar-refractivity contribution is 7.89. The van der Waals surface area contributed by atoms with Crippen LogP contribution in [0.2, 0.25) is 0 Å². The lowest BCUT2D eigenvalue weighted by Crippen LogP contribution is -2.35. The minimum Gasteiger partial charge on any atom is -0.338 e. The number of carbonyl (C=O) groups is 1. The van der Waals surface area contributed by atoms with Gasteiger partial charge in [-0.2, -0.15) is 4.31 Å². The predicted molar refractivity (Wildman–Crippen MR) is 101 cm³/mol. The SMILES string of the molecule is CC(C)N(C)S(=O)(=O)c1cccc(C(=O)N2CCC(C)(CN)C2)c1.Cl. The van der Waals surface area contributed by atoms with E-state index < -0.39 is 10.0 Å². The van der Waals surface area contributed by atoms with Crippen molar-refractivity contribution in [2.75, 3.05) is 26.7 Å². The van der Waals surface area contributed by atoms with E-state index in [1.54, 1.807) is 24.1 Å². The molecule has 1 saturated heterocycles. The van der Waals surface area contributed by atoms with Crippen LogP contribution in [-0.4, -0.2) is 56.3 Å². The highest BCUT2D eigenvalue weighted by Gasteiger charge is 2.35. The van der Waals surface area contributed by atoms with Gasteiger partial charge >= 0.3 is 0 Å². The number of rotatable bonds is 5. The molecule has 1 unspecified atom stereocenters. The fourth-order valence-electron chi connectivity index (χ4n) is 2.78. The number of hydrogen-bond donors (Lipinski definition) is 1. The number of carbonyl (C=O) groups excluding carboxylic acids is 1. The largest absolute Gasteiger partial charge is 0.338 e. The summed E-state index contributed by atoms with van der Waals surface area (Å²) in [5.41, 5.74) is 6.13. The molecule has 0 spiro atoms. The van der Waals surface area contributed by atoms with Gasteiger partial charge in [0.05, 0.1) is 4.90 Å². The molecule has 0 bridgehead atoms. The number of benzene rings is 1. The summed E-state index contributed by atoms with van der Waals surface area (Å²) < 4.78 is 26.5. The van der Waals surface area contributed by atoms with Crippen LogP contribution in [0.3, 0.4) is 0 Å². The zero-order valence-electron chi connectivity index (χ0n) is 15.2. The summed E-state index contributed by atoms with van der Waals surface area (Å²) in [4.78, 5) is 14.6. The highest BCUT2D eigenvalue weighted by atomic mass is 35.5. The summed E-state index contributed by atoms with van der Waals surface area (Å²) in [7, 11) is -2.06. The molecule has 6 nitrogen and oxygen atoms in total. The third-order valence-electron chi connectivity index (χ3n) is 4.82. The first-order valence-corrected chi connectivity index (χ1v) is 9.62. The molecule has 142 valence electrons. The Morgan fingerprint density at radius 1 is 1.40 bits per heavy atom. The lowest BCUT2D eigenvalue weighted by Gasteiger charge is -2.23. The van der Waals surface area contributed by atoms with Crippen LogP contribution in [0.5, 0.6) is 0 Å². The normalized spacial score (nSPS) is 20.8. The molecule has 2 N–H and O–H groups in total.